The molecule has 0 fully saturated rings. The van der Waals surface area contributed by atoms with Gasteiger partial charge < -0.3 is 10.6 Å². The van der Waals surface area contributed by atoms with Crippen molar-refractivity contribution in [1.82, 2.24) is 10.6 Å². The lowest BCUT2D eigenvalue weighted by molar-refractivity contribution is 0.0953. The second-order valence-electron chi connectivity index (χ2n) is 6.36. The van der Waals surface area contributed by atoms with E-state index in [1.54, 1.807) is 0 Å². The molecule has 0 aliphatic rings. The summed E-state index contributed by atoms with van der Waals surface area (Å²) < 4.78 is 0.932. The minimum Gasteiger partial charge on any atom is -0.352 e. The second-order valence-corrected chi connectivity index (χ2v) is 7.27. The summed E-state index contributed by atoms with van der Waals surface area (Å²) in [6, 6.07) is 7.47. The van der Waals surface area contributed by atoms with Crippen LogP contribution in [-0.2, 0) is 0 Å². The summed E-state index contributed by atoms with van der Waals surface area (Å²) in [4.78, 5) is 11.9. The highest BCUT2D eigenvalue weighted by Crippen LogP contribution is 2.11. The van der Waals surface area contributed by atoms with Gasteiger partial charge in [0.15, 0.2) is 0 Å². The average molecular weight is 355 g/mol. The summed E-state index contributed by atoms with van der Waals surface area (Å²) in [6.07, 6.45) is 4.59. The highest BCUT2D eigenvalue weighted by Gasteiger charge is 2.07. The summed E-state index contributed by atoms with van der Waals surface area (Å²) in [5.74, 6) is 0.00528. The molecule has 1 aromatic carbocycles. The molecule has 4 heteroatoms. The first-order valence-corrected chi connectivity index (χ1v) is 8.46. The number of nitrogens with one attached hydrogen (secondary N) is 2. The molecular weight excluding hydrogens is 328 g/mol. The first-order chi connectivity index (χ1) is 9.88. The Hall–Kier alpha value is -0.870. The Bertz CT molecular complexity index is 441. The van der Waals surface area contributed by atoms with Crippen LogP contribution in [-0.4, -0.2) is 24.5 Å². The van der Waals surface area contributed by atoms with Gasteiger partial charge >= 0.3 is 0 Å². The van der Waals surface area contributed by atoms with E-state index in [0.29, 0.717) is 5.56 Å². The smallest absolute Gasteiger partial charge is 0.251 e. The van der Waals surface area contributed by atoms with Gasteiger partial charge in [0.05, 0.1) is 0 Å². The molecule has 0 aromatic heterocycles. The first kappa shape index (κ1) is 18.2. The van der Waals surface area contributed by atoms with Crippen LogP contribution in [0.5, 0.6) is 0 Å². The van der Waals surface area contributed by atoms with E-state index < -0.39 is 0 Å². The zero-order valence-electron chi connectivity index (χ0n) is 13.3. The number of amides is 1. The Labute approximate surface area is 137 Å². The maximum atomic E-state index is 11.9. The topological polar surface area (TPSA) is 41.1 Å². The van der Waals surface area contributed by atoms with Crippen molar-refractivity contribution >= 4 is 21.8 Å². The van der Waals surface area contributed by atoms with Gasteiger partial charge in [0.25, 0.3) is 5.91 Å². The molecule has 118 valence electrons. The van der Waals surface area contributed by atoms with E-state index in [2.05, 4.69) is 47.3 Å². The zero-order chi connectivity index (χ0) is 15.7. The van der Waals surface area contributed by atoms with Gasteiger partial charge in [-0.3, -0.25) is 4.79 Å². The van der Waals surface area contributed by atoms with Crippen LogP contribution in [0.25, 0.3) is 0 Å². The van der Waals surface area contributed by atoms with Crippen molar-refractivity contribution in [2.45, 2.75) is 52.0 Å². The van der Waals surface area contributed by atoms with Gasteiger partial charge in [-0.1, -0.05) is 34.8 Å². The molecule has 0 saturated carbocycles. The predicted octanol–water partition coefficient (Wildman–Crippen LogP) is 4.13. The summed E-state index contributed by atoms with van der Waals surface area (Å²) in [5, 5.41) is 6.45. The lowest BCUT2D eigenvalue weighted by atomic mass is 10.1. The number of halogens is 1. The molecule has 0 heterocycles. The highest BCUT2D eigenvalue weighted by molar-refractivity contribution is 9.10. The molecule has 21 heavy (non-hydrogen) atoms. The van der Waals surface area contributed by atoms with E-state index in [1.807, 2.05) is 24.3 Å². The third-order valence-electron chi connectivity index (χ3n) is 3.13. The van der Waals surface area contributed by atoms with Gasteiger partial charge in [-0.15, -0.1) is 0 Å². The van der Waals surface area contributed by atoms with Crippen molar-refractivity contribution < 1.29 is 4.79 Å². The van der Waals surface area contributed by atoms with Gasteiger partial charge in [0.1, 0.15) is 0 Å². The van der Waals surface area contributed by atoms with Crippen molar-refractivity contribution in [3.05, 3.63) is 34.3 Å². The normalized spacial score (nSPS) is 11.4. The van der Waals surface area contributed by atoms with E-state index in [0.717, 1.165) is 30.4 Å². The Balaban J connectivity index is 2.05. The molecule has 0 saturated heterocycles. The van der Waals surface area contributed by atoms with Crippen LogP contribution in [0, 0.1) is 0 Å². The third-order valence-corrected chi connectivity index (χ3v) is 3.62. The van der Waals surface area contributed by atoms with E-state index in [-0.39, 0.29) is 11.4 Å². The van der Waals surface area contributed by atoms with Crippen LogP contribution < -0.4 is 10.6 Å². The van der Waals surface area contributed by atoms with E-state index in [9.17, 15) is 4.79 Å². The Morgan fingerprint density at radius 3 is 2.38 bits per heavy atom. The maximum Gasteiger partial charge on any atom is 0.251 e. The molecule has 0 aliphatic heterocycles. The van der Waals surface area contributed by atoms with Gasteiger partial charge in [0, 0.05) is 22.1 Å². The number of hydrogen-bond acceptors (Lipinski definition) is 2. The fourth-order valence-electron chi connectivity index (χ4n) is 2.00. The first-order valence-electron chi connectivity index (χ1n) is 7.67. The third kappa shape index (κ3) is 8.89. The molecule has 0 unspecified atom stereocenters. The van der Waals surface area contributed by atoms with Crippen LogP contribution in [0.2, 0.25) is 0 Å². The maximum absolute atomic E-state index is 11.9. The quantitative estimate of drug-likeness (QED) is 0.689. The molecule has 0 spiro atoms. The Morgan fingerprint density at radius 1 is 1.10 bits per heavy atom. The SMILES string of the molecule is CC(C)(C)NCCCCCCNC(=O)c1cccc(Br)c1. The molecule has 0 bridgehead atoms. The standard InChI is InChI=1S/C17H27BrN2O/c1-17(2,3)20-12-7-5-4-6-11-19-16(21)14-9-8-10-15(18)13-14/h8-10,13,20H,4-7,11-12H2,1-3H3,(H,19,21). The number of benzene rings is 1. The Kier molecular flexibility index (Phi) is 7.97. The van der Waals surface area contributed by atoms with Crippen LogP contribution in [0.4, 0.5) is 0 Å². The molecule has 1 amide bonds. The van der Waals surface area contributed by atoms with E-state index >= 15 is 0 Å². The second kappa shape index (κ2) is 9.21. The lowest BCUT2D eigenvalue weighted by Crippen LogP contribution is -2.36. The van der Waals surface area contributed by atoms with Gasteiger partial charge in [-0.05, 0) is 58.4 Å². The lowest BCUT2D eigenvalue weighted by Gasteiger charge is -2.20. The van der Waals surface area contributed by atoms with Crippen LogP contribution >= 0.6 is 15.9 Å². The zero-order valence-corrected chi connectivity index (χ0v) is 14.9. The van der Waals surface area contributed by atoms with Crippen molar-refractivity contribution in [1.29, 1.82) is 0 Å². The molecule has 0 atom stereocenters. The van der Waals surface area contributed by atoms with Gasteiger partial charge in [0.2, 0.25) is 0 Å². The fourth-order valence-corrected chi connectivity index (χ4v) is 2.40. The largest absolute Gasteiger partial charge is 0.352 e. The molecule has 0 radical (unpaired) electrons. The molecular formula is C17H27BrN2O. The average Bonchev–Trinajstić information content (AvgIpc) is 2.40. The molecule has 2 N–H and O–H groups in total. The predicted molar refractivity (Wildman–Crippen MR) is 92.7 cm³/mol. The van der Waals surface area contributed by atoms with Gasteiger partial charge in [-0.25, -0.2) is 0 Å². The number of carbonyl (C=O) groups excluding carboxylic acids is 1. The highest BCUT2D eigenvalue weighted by atomic mass is 79.9. The number of carbonyl (C=O) groups is 1. The van der Waals surface area contributed by atoms with Crippen LogP contribution in [0.3, 0.4) is 0 Å². The van der Waals surface area contributed by atoms with Crippen molar-refractivity contribution in [3.63, 3.8) is 0 Å². The molecule has 1 rings (SSSR count). The number of hydrogen-bond donors (Lipinski definition) is 2. The monoisotopic (exact) mass is 354 g/mol. The van der Waals surface area contributed by atoms with Crippen molar-refractivity contribution in [3.8, 4) is 0 Å². The minimum atomic E-state index is 0.00528. The van der Waals surface area contributed by atoms with Gasteiger partial charge in [-0.2, -0.15) is 0 Å². The van der Waals surface area contributed by atoms with Crippen LogP contribution in [0.15, 0.2) is 28.7 Å². The summed E-state index contributed by atoms with van der Waals surface area (Å²) in [7, 11) is 0. The summed E-state index contributed by atoms with van der Waals surface area (Å²) >= 11 is 3.38. The van der Waals surface area contributed by atoms with E-state index in [4.69, 9.17) is 0 Å². The van der Waals surface area contributed by atoms with E-state index in [1.165, 1.54) is 12.8 Å². The summed E-state index contributed by atoms with van der Waals surface area (Å²) in [6.45, 7) is 8.37. The number of unbranched alkanes of at least 4 members (excludes halogenated alkanes) is 3. The van der Waals surface area contributed by atoms with Crippen molar-refractivity contribution in [2.24, 2.45) is 0 Å². The number of rotatable bonds is 8. The minimum absolute atomic E-state index is 0.00528. The van der Waals surface area contributed by atoms with Crippen LogP contribution in [0.1, 0.15) is 56.8 Å². The summed E-state index contributed by atoms with van der Waals surface area (Å²) in [5.41, 5.74) is 0.913. The molecule has 0 aliphatic carbocycles. The van der Waals surface area contributed by atoms with Crippen molar-refractivity contribution in [2.75, 3.05) is 13.1 Å². The molecule has 3 nitrogen and oxygen atoms in total. The molecule has 1 aromatic rings. The fraction of sp³-hybridized carbons (Fsp3) is 0.588. The Morgan fingerprint density at radius 2 is 1.76 bits per heavy atom.